The normalized spacial score (nSPS) is 21.9. The summed E-state index contributed by atoms with van der Waals surface area (Å²) in [6, 6.07) is 10.3. The van der Waals surface area contributed by atoms with E-state index >= 15 is 0 Å². The van der Waals surface area contributed by atoms with Crippen LogP contribution >= 0.6 is 12.2 Å². The van der Waals surface area contributed by atoms with Crippen molar-refractivity contribution in [1.82, 2.24) is 20.9 Å². The molecular formula is C21H32N4OS. The number of nitrogens with zero attached hydrogens (tertiary/aromatic N) is 1. The Bertz CT molecular complexity index is 609. The highest BCUT2D eigenvalue weighted by molar-refractivity contribution is 7.80. The van der Waals surface area contributed by atoms with Crippen molar-refractivity contribution in [2.75, 3.05) is 26.2 Å². The Hall–Kier alpha value is -1.82. The molecule has 1 saturated carbocycles. The van der Waals surface area contributed by atoms with E-state index in [1.54, 1.807) is 0 Å². The van der Waals surface area contributed by atoms with Gasteiger partial charge in [0.05, 0.1) is 0 Å². The molecule has 0 aromatic heterocycles. The summed E-state index contributed by atoms with van der Waals surface area (Å²) < 4.78 is 0. The second kappa shape index (κ2) is 10.5. The van der Waals surface area contributed by atoms with Crippen LogP contribution in [0.4, 0.5) is 4.79 Å². The molecule has 148 valence electrons. The lowest BCUT2D eigenvalue weighted by atomic mass is 9.75. The quantitative estimate of drug-likeness (QED) is 0.517. The van der Waals surface area contributed by atoms with Gasteiger partial charge in [0.25, 0.3) is 0 Å². The summed E-state index contributed by atoms with van der Waals surface area (Å²) in [6.07, 6.45) is 7.42. The fourth-order valence-corrected chi connectivity index (χ4v) is 4.40. The van der Waals surface area contributed by atoms with E-state index < -0.39 is 0 Å². The van der Waals surface area contributed by atoms with E-state index in [1.807, 2.05) is 23.1 Å². The van der Waals surface area contributed by atoms with Crippen molar-refractivity contribution in [2.45, 2.75) is 45.1 Å². The van der Waals surface area contributed by atoms with E-state index in [9.17, 15) is 4.79 Å². The summed E-state index contributed by atoms with van der Waals surface area (Å²) >= 11 is 5.29. The zero-order valence-electron chi connectivity index (χ0n) is 16.1. The number of rotatable bonds is 6. The molecule has 1 aromatic rings. The summed E-state index contributed by atoms with van der Waals surface area (Å²) in [6.45, 7) is 4.02. The highest BCUT2D eigenvalue weighted by Gasteiger charge is 2.32. The SMILES string of the molecule is O=C(NCCCNC(=S)NCc1ccccc1)N1CCC2CCCCC2C1. The zero-order valence-corrected chi connectivity index (χ0v) is 16.9. The summed E-state index contributed by atoms with van der Waals surface area (Å²) in [7, 11) is 0. The molecule has 0 bridgehead atoms. The first kappa shape index (κ1) is 19.9. The number of thiocarbonyl (C=S) groups is 1. The lowest BCUT2D eigenvalue weighted by Crippen LogP contribution is -2.49. The topological polar surface area (TPSA) is 56.4 Å². The predicted molar refractivity (Wildman–Crippen MR) is 114 cm³/mol. The van der Waals surface area contributed by atoms with Gasteiger partial charge in [0.2, 0.25) is 0 Å². The standard InChI is InChI=1S/C21H32N4OS/c26-21(25-14-11-18-9-4-5-10-19(18)16-25)23-13-6-12-22-20(27)24-15-17-7-2-1-3-8-17/h1-3,7-8,18-19H,4-6,9-16H2,(H,23,26)(H2,22,24,27). The number of benzene rings is 1. The summed E-state index contributed by atoms with van der Waals surface area (Å²) in [5.41, 5.74) is 1.20. The van der Waals surface area contributed by atoms with Crippen LogP contribution in [0.5, 0.6) is 0 Å². The van der Waals surface area contributed by atoms with Gasteiger partial charge in [-0.05, 0) is 48.9 Å². The molecule has 2 fully saturated rings. The molecule has 1 saturated heterocycles. The van der Waals surface area contributed by atoms with Gasteiger partial charge >= 0.3 is 6.03 Å². The van der Waals surface area contributed by atoms with Gasteiger partial charge in [-0.2, -0.15) is 0 Å². The molecule has 2 aliphatic rings. The molecule has 1 aliphatic carbocycles. The number of piperidine rings is 1. The molecule has 2 amide bonds. The largest absolute Gasteiger partial charge is 0.363 e. The molecular weight excluding hydrogens is 356 g/mol. The molecule has 0 spiro atoms. The van der Waals surface area contributed by atoms with Crippen molar-refractivity contribution in [3.05, 3.63) is 35.9 Å². The van der Waals surface area contributed by atoms with Crippen molar-refractivity contribution < 1.29 is 4.79 Å². The summed E-state index contributed by atoms with van der Waals surface area (Å²) in [5, 5.41) is 10.1. The van der Waals surface area contributed by atoms with Gasteiger partial charge in [0.15, 0.2) is 5.11 Å². The maximum atomic E-state index is 12.4. The summed E-state index contributed by atoms with van der Waals surface area (Å²) in [4.78, 5) is 14.4. The fraction of sp³-hybridized carbons (Fsp3) is 0.619. The van der Waals surface area contributed by atoms with E-state index in [-0.39, 0.29) is 6.03 Å². The van der Waals surface area contributed by atoms with Crippen molar-refractivity contribution >= 4 is 23.4 Å². The van der Waals surface area contributed by atoms with Crippen molar-refractivity contribution in [3.63, 3.8) is 0 Å². The van der Waals surface area contributed by atoms with Crippen LogP contribution in [0.3, 0.4) is 0 Å². The molecule has 2 atom stereocenters. The average Bonchev–Trinajstić information content (AvgIpc) is 2.72. The molecule has 5 nitrogen and oxygen atoms in total. The van der Waals surface area contributed by atoms with Crippen molar-refractivity contribution in [3.8, 4) is 0 Å². The molecule has 1 aliphatic heterocycles. The minimum absolute atomic E-state index is 0.101. The molecule has 27 heavy (non-hydrogen) atoms. The second-order valence-corrected chi connectivity index (χ2v) is 8.13. The van der Waals surface area contributed by atoms with Crippen LogP contribution in [0.25, 0.3) is 0 Å². The van der Waals surface area contributed by atoms with Gasteiger partial charge in [-0.3, -0.25) is 0 Å². The van der Waals surface area contributed by atoms with Crippen molar-refractivity contribution in [1.29, 1.82) is 0 Å². The van der Waals surface area contributed by atoms with Gasteiger partial charge in [0.1, 0.15) is 0 Å². The lowest BCUT2D eigenvalue weighted by Gasteiger charge is -2.41. The number of likely N-dealkylation sites (tertiary alicyclic amines) is 1. The molecule has 3 rings (SSSR count). The number of hydrogen-bond donors (Lipinski definition) is 3. The van der Waals surface area contributed by atoms with Gasteiger partial charge < -0.3 is 20.9 Å². The van der Waals surface area contributed by atoms with E-state index in [0.29, 0.717) is 11.7 Å². The first-order valence-electron chi connectivity index (χ1n) is 10.3. The smallest absolute Gasteiger partial charge is 0.317 e. The lowest BCUT2D eigenvalue weighted by molar-refractivity contribution is 0.102. The minimum Gasteiger partial charge on any atom is -0.363 e. The number of nitrogens with one attached hydrogen (secondary N) is 3. The Labute approximate surface area is 168 Å². The number of carbonyl (C=O) groups excluding carboxylic acids is 1. The Balaban J connectivity index is 1.24. The van der Waals surface area contributed by atoms with Crippen LogP contribution in [0, 0.1) is 11.8 Å². The first-order valence-corrected chi connectivity index (χ1v) is 10.7. The molecule has 0 radical (unpaired) electrons. The number of fused-ring (bicyclic) bond motifs is 1. The zero-order chi connectivity index (χ0) is 18.9. The third-order valence-electron chi connectivity index (χ3n) is 5.79. The minimum atomic E-state index is 0.101. The Kier molecular flexibility index (Phi) is 7.75. The number of urea groups is 1. The molecule has 1 heterocycles. The van der Waals surface area contributed by atoms with Gasteiger partial charge in [-0.25, -0.2) is 4.79 Å². The van der Waals surface area contributed by atoms with Crippen LogP contribution in [0.1, 0.15) is 44.1 Å². The first-order chi connectivity index (χ1) is 13.2. The van der Waals surface area contributed by atoms with Crippen molar-refractivity contribution in [2.24, 2.45) is 11.8 Å². The molecule has 1 aromatic carbocycles. The number of carbonyl (C=O) groups is 1. The molecule has 3 N–H and O–H groups in total. The van der Waals surface area contributed by atoms with E-state index in [1.165, 1.54) is 37.7 Å². The van der Waals surface area contributed by atoms with E-state index in [4.69, 9.17) is 12.2 Å². The monoisotopic (exact) mass is 388 g/mol. The Morgan fingerprint density at radius 2 is 1.74 bits per heavy atom. The molecule has 6 heteroatoms. The third-order valence-corrected chi connectivity index (χ3v) is 6.08. The van der Waals surface area contributed by atoms with Gasteiger partial charge in [-0.1, -0.05) is 49.6 Å². The predicted octanol–water partition coefficient (Wildman–Crippen LogP) is 3.26. The van der Waals surface area contributed by atoms with Crippen LogP contribution in [-0.2, 0) is 6.54 Å². The highest BCUT2D eigenvalue weighted by Crippen LogP contribution is 2.35. The Morgan fingerprint density at radius 3 is 2.56 bits per heavy atom. The summed E-state index contributed by atoms with van der Waals surface area (Å²) in [5.74, 6) is 1.59. The van der Waals surface area contributed by atoms with Crippen LogP contribution < -0.4 is 16.0 Å². The van der Waals surface area contributed by atoms with Crippen LogP contribution in [-0.4, -0.2) is 42.2 Å². The van der Waals surface area contributed by atoms with E-state index in [0.717, 1.165) is 44.4 Å². The van der Waals surface area contributed by atoms with Crippen LogP contribution in [0.2, 0.25) is 0 Å². The fourth-order valence-electron chi connectivity index (χ4n) is 4.22. The highest BCUT2D eigenvalue weighted by atomic mass is 32.1. The van der Waals surface area contributed by atoms with Gasteiger partial charge in [-0.15, -0.1) is 0 Å². The maximum absolute atomic E-state index is 12.4. The maximum Gasteiger partial charge on any atom is 0.317 e. The van der Waals surface area contributed by atoms with Gasteiger partial charge in [0, 0.05) is 32.7 Å². The second-order valence-electron chi connectivity index (χ2n) is 7.72. The van der Waals surface area contributed by atoms with E-state index in [2.05, 4.69) is 28.1 Å². The average molecular weight is 389 g/mol. The number of amides is 2. The third kappa shape index (κ3) is 6.38. The Morgan fingerprint density at radius 1 is 1.00 bits per heavy atom. The number of hydrogen-bond acceptors (Lipinski definition) is 2. The molecule has 2 unspecified atom stereocenters. The van der Waals surface area contributed by atoms with Crippen LogP contribution in [0.15, 0.2) is 30.3 Å².